The first-order valence-corrected chi connectivity index (χ1v) is 8.33. The molecule has 0 heterocycles. The Balaban J connectivity index is 1.62. The highest BCUT2D eigenvalue weighted by atomic mass is 19.1. The van der Waals surface area contributed by atoms with Crippen molar-refractivity contribution in [2.75, 3.05) is 7.11 Å². The summed E-state index contributed by atoms with van der Waals surface area (Å²) in [4.78, 5) is 14.5. The quantitative estimate of drug-likeness (QED) is 0.770. The number of carbonyl (C=O) groups excluding carboxylic acids is 1. The molecule has 0 N–H and O–H groups in total. The monoisotopic (exact) mass is 327 g/mol. The van der Waals surface area contributed by atoms with E-state index in [4.69, 9.17) is 4.74 Å². The van der Waals surface area contributed by atoms with E-state index in [1.54, 1.807) is 25.3 Å². The van der Waals surface area contributed by atoms with E-state index in [1.807, 2.05) is 29.2 Å². The van der Waals surface area contributed by atoms with Crippen LogP contribution in [0, 0.1) is 5.82 Å². The molecule has 1 amide bonds. The van der Waals surface area contributed by atoms with E-state index in [0.717, 1.165) is 24.2 Å². The van der Waals surface area contributed by atoms with Gasteiger partial charge in [0.25, 0.3) is 0 Å². The fraction of sp³-hybridized carbons (Fsp3) is 0.350. The van der Waals surface area contributed by atoms with Gasteiger partial charge in [-0.15, -0.1) is 0 Å². The molecule has 2 aromatic carbocycles. The van der Waals surface area contributed by atoms with Crippen molar-refractivity contribution in [3.05, 3.63) is 65.5 Å². The summed E-state index contributed by atoms with van der Waals surface area (Å²) in [7, 11) is 1.64. The standard InChI is InChI=1S/C20H22FNO2/c1-24-18-11-6-15(7-12-18)14-22(17-9-10-17)20(23)13-8-16-4-2-3-5-19(16)21/h2-7,11-12,17H,8-10,13-14H2,1H3. The third-order valence-corrected chi connectivity index (χ3v) is 4.39. The number of aryl methyl sites for hydroxylation is 1. The molecule has 0 bridgehead atoms. The normalized spacial score (nSPS) is 13.6. The number of nitrogens with zero attached hydrogens (tertiary/aromatic N) is 1. The molecule has 1 saturated carbocycles. The first kappa shape index (κ1) is 16.5. The zero-order valence-corrected chi connectivity index (χ0v) is 13.9. The Labute approximate surface area is 142 Å². The first-order valence-electron chi connectivity index (χ1n) is 8.33. The van der Waals surface area contributed by atoms with Crippen LogP contribution in [0.15, 0.2) is 48.5 Å². The van der Waals surface area contributed by atoms with Crippen molar-refractivity contribution in [3.8, 4) is 5.75 Å². The van der Waals surface area contributed by atoms with E-state index in [-0.39, 0.29) is 11.7 Å². The van der Waals surface area contributed by atoms with Gasteiger partial charge in [0.05, 0.1) is 7.11 Å². The molecule has 0 radical (unpaired) electrons. The molecule has 126 valence electrons. The minimum atomic E-state index is -0.238. The second-order valence-electron chi connectivity index (χ2n) is 6.19. The van der Waals surface area contributed by atoms with Gasteiger partial charge in [0.15, 0.2) is 0 Å². The van der Waals surface area contributed by atoms with Crippen LogP contribution in [-0.4, -0.2) is 24.0 Å². The molecule has 0 atom stereocenters. The number of halogens is 1. The Kier molecular flexibility index (Phi) is 5.14. The highest BCUT2D eigenvalue weighted by Crippen LogP contribution is 2.29. The fourth-order valence-electron chi connectivity index (χ4n) is 2.82. The van der Waals surface area contributed by atoms with Crippen LogP contribution >= 0.6 is 0 Å². The highest BCUT2D eigenvalue weighted by molar-refractivity contribution is 5.77. The SMILES string of the molecule is COc1ccc(CN(C(=O)CCc2ccccc2F)C2CC2)cc1. The molecule has 0 aliphatic heterocycles. The summed E-state index contributed by atoms with van der Waals surface area (Å²) in [6.07, 6.45) is 2.90. The smallest absolute Gasteiger partial charge is 0.223 e. The van der Waals surface area contributed by atoms with E-state index >= 15 is 0 Å². The average molecular weight is 327 g/mol. The Hall–Kier alpha value is -2.36. The molecule has 1 aliphatic carbocycles. The number of ether oxygens (including phenoxy) is 1. The molecule has 0 saturated heterocycles. The van der Waals surface area contributed by atoms with Gasteiger partial charge >= 0.3 is 0 Å². The van der Waals surface area contributed by atoms with E-state index in [0.29, 0.717) is 31.0 Å². The van der Waals surface area contributed by atoms with Gasteiger partial charge in [0.1, 0.15) is 11.6 Å². The lowest BCUT2D eigenvalue weighted by molar-refractivity contribution is -0.132. The fourth-order valence-corrected chi connectivity index (χ4v) is 2.82. The summed E-state index contributed by atoms with van der Waals surface area (Å²) in [6.45, 7) is 0.602. The first-order chi connectivity index (χ1) is 11.7. The van der Waals surface area contributed by atoms with Crippen molar-refractivity contribution >= 4 is 5.91 Å². The molecule has 0 spiro atoms. The van der Waals surface area contributed by atoms with E-state index in [2.05, 4.69) is 0 Å². The van der Waals surface area contributed by atoms with Crippen molar-refractivity contribution in [1.82, 2.24) is 4.90 Å². The summed E-state index contributed by atoms with van der Waals surface area (Å²) in [5, 5.41) is 0. The van der Waals surface area contributed by atoms with Gasteiger partial charge in [-0.25, -0.2) is 4.39 Å². The number of benzene rings is 2. The van der Waals surface area contributed by atoms with Gasteiger partial charge in [-0.1, -0.05) is 30.3 Å². The summed E-state index contributed by atoms with van der Waals surface area (Å²) in [6, 6.07) is 14.8. The number of rotatable bonds is 7. The maximum atomic E-state index is 13.7. The van der Waals surface area contributed by atoms with Crippen LogP contribution in [0.1, 0.15) is 30.4 Å². The van der Waals surface area contributed by atoms with Crippen LogP contribution in [0.2, 0.25) is 0 Å². The van der Waals surface area contributed by atoms with Gasteiger partial charge in [-0.05, 0) is 48.6 Å². The van der Waals surface area contributed by atoms with E-state index in [9.17, 15) is 9.18 Å². The second kappa shape index (κ2) is 7.47. The maximum Gasteiger partial charge on any atom is 0.223 e. The second-order valence-corrected chi connectivity index (χ2v) is 6.19. The van der Waals surface area contributed by atoms with Crippen molar-refractivity contribution in [2.45, 2.75) is 38.3 Å². The number of methoxy groups -OCH3 is 1. The van der Waals surface area contributed by atoms with Crippen LogP contribution in [0.4, 0.5) is 4.39 Å². The largest absolute Gasteiger partial charge is 0.497 e. The predicted octanol–water partition coefficient (Wildman–Crippen LogP) is 3.96. The van der Waals surface area contributed by atoms with Gasteiger partial charge in [0.2, 0.25) is 5.91 Å². The lowest BCUT2D eigenvalue weighted by Crippen LogP contribution is -2.32. The number of amides is 1. The minimum absolute atomic E-state index is 0.0940. The molecule has 0 unspecified atom stereocenters. The Morgan fingerprint density at radius 3 is 2.50 bits per heavy atom. The maximum absolute atomic E-state index is 13.7. The molecule has 0 aromatic heterocycles. The third kappa shape index (κ3) is 4.13. The zero-order chi connectivity index (χ0) is 16.9. The Bertz CT molecular complexity index is 695. The molecule has 2 aromatic rings. The summed E-state index contributed by atoms with van der Waals surface area (Å²) in [5.74, 6) is 0.664. The molecular formula is C20H22FNO2. The average Bonchev–Trinajstić information content (AvgIpc) is 3.44. The Morgan fingerprint density at radius 2 is 1.88 bits per heavy atom. The van der Waals surface area contributed by atoms with Crippen molar-refractivity contribution in [3.63, 3.8) is 0 Å². The van der Waals surface area contributed by atoms with E-state index in [1.165, 1.54) is 6.07 Å². The van der Waals surface area contributed by atoms with Crippen LogP contribution in [0.5, 0.6) is 5.75 Å². The highest BCUT2D eigenvalue weighted by Gasteiger charge is 2.32. The molecule has 1 aliphatic rings. The lowest BCUT2D eigenvalue weighted by Gasteiger charge is -2.23. The third-order valence-electron chi connectivity index (χ3n) is 4.39. The van der Waals surface area contributed by atoms with Gasteiger partial charge < -0.3 is 9.64 Å². The van der Waals surface area contributed by atoms with E-state index < -0.39 is 0 Å². The summed E-state index contributed by atoms with van der Waals surface area (Å²) < 4.78 is 18.9. The minimum Gasteiger partial charge on any atom is -0.497 e. The summed E-state index contributed by atoms with van der Waals surface area (Å²) in [5.41, 5.74) is 1.69. The van der Waals surface area contributed by atoms with Crippen molar-refractivity contribution < 1.29 is 13.9 Å². The Morgan fingerprint density at radius 1 is 1.17 bits per heavy atom. The van der Waals surface area contributed by atoms with Crippen molar-refractivity contribution in [1.29, 1.82) is 0 Å². The number of hydrogen-bond acceptors (Lipinski definition) is 2. The molecule has 4 heteroatoms. The van der Waals surface area contributed by atoms with Gasteiger partial charge in [0, 0.05) is 19.0 Å². The molecule has 3 nitrogen and oxygen atoms in total. The van der Waals surface area contributed by atoms with Gasteiger partial charge in [-0.2, -0.15) is 0 Å². The number of carbonyl (C=O) groups is 1. The lowest BCUT2D eigenvalue weighted by atomic mass is 10.1. The summed E-state index contributed by atoms with van der Waals surface area (Å²) >= 11 is 0. The predicted molar refractivity (Wildman–Crippen MR) is 91.3 cm³/mol. The molecule has 3 rings (SSSR count). The zero-order valence-electron chi connectivity index (χ0n) is 13.9. The van der Waals surface area contributed by atoms with Crippen LogP contribution in [-0.2, 0) is 17.8 Å². The topological polar surface area (TPSA) is 29.5 Å². The van der Waals surface area contributed by atoms with Crippen LogP contribution < -0.4 is 4.74 Å². The van der Waals surface area contributed by atoms with Gasteiger partial charge in [-0.3, -0.25) is 4.79 Å². The number of hydrogen-bond donors (Lipinski definition) is 0. The molecule has 24 heavy (non-hydrogen) atoms. The van der Waals surface area contributed by atoms with Crippen LogP contribution in [0.25, 0.3) is 0 Å². The molecule has 1 fully saturated rings. The van der Waals surface area contributed by atoms with Crippen LogP contribution in [0.3, 0.4) is 0 Å². The molecular weight excluding hydrogens is 305 g/mol. The van der Waals surface area contributed by atoms with Crippen molar-refractivity contribution in [2.24, 2.45) is 0 Å².